The molecule has 0 bridgehead atoms. The lowest BCUT2D eigenvalue weighted by Gasteiger charge is -2.20. The lowest BCUT2D eigenvalue weighted by Crippen LogP contribution is -2.50. The second kappa shape index (κ2) is 8.47. The highest BCUT2D eigenvalue weighted by atomic mass is 16.5. The topological polar surface area (TPSA) is 96.5 Å². The molecule has 0 aromatic rings. The zero-order valence-corrected chi connectivity index (χ0v) is 11.2. The summed E-state index contributed by atoms with van der Waals surface area (Å²) in [7, 11) is 1.50. The highest BCUT2D eigenvalue weighted by Crippen LogP contribution is 2.23. The third kappa shape index (κ3) is 5.69. The number of hydrazine groups is 1. The van der Waals surface area contributed by atoms with Crippen molar-refractivity contribution in [3.05, 3.63) is 0 Å². The molecule has 0 atom stereocenters. The van der Waals surface area contributed by atoms with Gasteiger partial charge in [-0.05, 0) is 12.8 Å². The molecule has 3 N–H and O–H groups in total. The summed E-state index contributed by atoms with van der Waals surface area (Å²) in [5.74, 6) is -1.95. The van der Waals surface area contributed by atoms with Crippen LogP contribution < -0.4 is 16.2 Å². The van der Waals surface area contributed by atoms with Crippen LogP contribution in [0.3, 0.4) is 0 Å². The number of ether oxygens (including phenoxy) is 1. The van der Waals surface area contributed by atoms with E-state index in [1.54, 1.807) is 0 Å². The molecule has 0 saturated heterocycles. The van der Waals surface area contributed by atoms with E-state index in [0.717, 1.165) is 32.1 Å². The zero-order chi connectivity index (χ0) is 14.1. The first-order chi connectivity index (χ1) is 9.15. The van der Waals surface area contributed by atoms with E-state index in [4.69, 9.17) is 4.74 Å². The van der Waals surface area contributed by atoms with Gasteiger partial charge >= 0.3 is 11.8 Å². The Hall–Kier alpha value is -1.63. The van der Waals surface area contributed by atoms with Crippen LogP contribution in [0, 0.1) is 5.92 Å². The van der Waals surface area contributed by atoms with Gasteiger partial charge in [0.2, 0.25) is 5.91 Å². The van der Waals surface area contributed by atoms with E-state index in [-0.39, 0.29) is 18.4 Å². The molecule has 0 radical (unpaired) electrons. The Morgan fingerprint density at radius 1 is 1.05 bits per heavy atom. The van der Waals surface area contributed by atoms with Crippen molar-refractivity contribution >= 4 is 17.7 Å². The fourth-order valence-corrected chi connectivity index (χ4v) is 1.99. The average molecular weight is 271 g/mol. The number of hydrogen-bond donors (Lipinski definition) is 3. The average Bonchev–Trinajstić information content (AvgIpc) is 2.45. The molecule has 0 unspecified atom stereocenters. The smallest absolute Gasteiger partial charge is 0.327 e. The number of nitrogens with one attached hydrogen (secondary N) is 3. The summed E-state index contributed by atoms with van der Waals surface area (Å²) in [6.45, 7) is 0.576. The van der Waals surface area contributed by atoms with E-state index in [0.29, 0.717) is 6.61 Å². The van der Waals surface area contributed by atoms with Crippen molar-refractivity contribution in [2.45, 2.75) is 32.1 Å². The van der Waals surface area contributed by atoms with Crippen molar-refractivity contribution in [1.82, 2.24) is 16.2 Å². The highest BCUT2D eigenvalue weighted by molar-refractivity contribution is 6.35. The number of methoxy groups -OCH3 is 1. The van der Waals surface area contributed by atoms with E-state index < -0.39 is 11.8 Å². The zero-order valence-electron chi connectivity index (χ0n) is 11.2. The number of carbonyl (C=O) groups excluding carboxylic acids is 3. The number of carbonyl (C=O) groups is 3. The molecule has 108 valence electrons. The Kier molecular flexibility index (Phi) is 6.88. The second-order valence-corrected chi connectivity index (χ2v) is 4.53. The summed E-state index contributed by atoms with van der Waals surface area (Å²) in [6.07, 6.45) is 4.88. The van der Waals surface area contributed by atoms with Gasteiger partial charge in [0.05, 0.1) is 6.61 Å². The Morgan fingerprint density at radius 2 is 1.74 bits per heavy atom. The molecule has 7 nitrogen and oxygen atoms in total. The Labute approximate surface area is 112 Å². The number of hydrogen-bond acceptors (Lipinski definition) is 4. The normalized spacial score (nSPS) is 15.6. The Morgan fingerprint density at radius 3 is 2.37 bits per heavy atom. The van der Waals surface area contributed by atoms with Gasteiger partial charge in [-0.2, -0.15) is 0 Å². The monoisotopic (exact) mass is 271 g/mol. The predicted octanol–water partition coefficient (Wildman–Crippen LogP) is -0.523. The highest BCUT2D eigenvalue weighted by Gasteiger charge is 2.22. The molecule has 0 aromatic heterocycles. The molecule has 7 heteroatoms. The van der Waals surface area contributed by atoms with Crippen LogP contribution in [0.1, 0.15) is 32.1 Å². The maximum absolute atomic E-state index is 11.7. The van der Waals surface area contributed by atoms with Gasteiger partial charge in [-0.3, -0.25) is 25.2 Å². The summed E-state index contributed by atoms with van der Waals surface area (Å²) < 4.78 is 4.73. The minimum absolute atomic E-state index is 0.0643. The van der Waals surface area contributed by atoms with Gasteiger partial charge < -0.3 is 10.1 Å². The van der Waals surface area contributed by atoms with Crippen LogP contribution >= 0.6 is 0 Å². The van der Waals surface area contributed by atoms with E-state index in [9.17, 15) is 14.4 Å². The van der Waals surface area contributed by atoms with Gasteiger partial charge in [-0.15, -0.1) is 0 Å². The molecule has 0 heterocycles. The molecular formula is C12H21N3O4. The van der Waals surface area contributed by atoms with E-state index in [2.05, 4.69) is 16.2 Å². The summed E-state index contributed by atoms with van der Waals surface area (Å²) in [5, 5.41) is 2.36. The first kappa shape index (κ1) is 15.4. The summed E-state index contributed by atoms with van der Waals surface area (Å²) in [4.78, 5) is 34.3. The number of rotatable bonds is 4. The minimum Gasteiger partial charge on any atom is -0.383 e. The lowest BCUT2D eigenvalue weighted by molar-refractivity contribution is -0.141. The molecule has 19 heavy (non-hydrogen) atoms. The van der Waals surface area contributed by atoms with Crippen LogP contribution in [-0.2, 0) is 19.1 Å². The largest absolute Gasteiger partial charge is 0.383 e. The molecule has 0 aliphatic heterocycles. The van der Waals surface area contributed by atoms with Crippen molar-refractivity contribution in [3.63, 3.8) is 0 Å². The SMILES string of the molecule is COCCNC(=O)C(=O)NNC(=O)C1CCCCC1. The quantitative estimate of drug-likeness (QED) is 0.364. The van der Waals surface area contributed by atoms with Crippen molar-refractivity contribution in [2.24, 2.45) is 5.92 Å². The molecule has 1 aliphatic carbocycles. The third-order valence-corrected chi connectivity index (χ3v) is 3.07. The Bertz CT molecular complexity index is 327. The van der Waals surface area contributed by atoms with Crippen LogP contribution in [0.2, 0.25) is 0 Å². The van der Waals surface area contributed by atoms with Crippen LogP contribution in [0.4, 0.5) is 0 Å². The first-order valence-electron chi connectivity index (χ1n) is 6.52. The summed E-state index contributed by atoms with van der Waals surface area (Å²) >= 11 is 0. The summed E-state index contributed by atoms with van der Waals surface area (Å²) in [5.41, 5.74) is 4.41. The van der Waals surface area contributed by atoms with Crippen LogP contribution in [-0.4, -0.2) is 38.0 Å². The molecule has 0 spiro atoms. The molecule has 1 aliphatic rings. The maximum atomic E-state index is 11.7. The van der Waals surface area contributed by atoms with E-state index >= 15 is 0 Å². The number of amides is 3. The molecule has 1 rings (SSSR count). The van der Waals surface area contributed by atoms with Crippen molar-refractivity contribution in [3.8, 4) is 0 Å². The minimum atomic E-state index is -0.875. The van der Waals surface area contributed by atoms with Crippen molar-refractivity contribution < 1.29 is 19.1 Å². The second-order valence-electron chi connectivity index (χ2n) is 4.53. The molecule has 1 saturated carbocycles. The standard InChI is InChI=1S/C12H21N3O4/c1-19-8-7-13-11(17)12(18)15-14-10(16)9-5-3-2-4-6-9/h9H,2-8H2,1H3,(H,13,17)(H,14,16)(H,15,18). The van der Waals surface area contributed by atoms with Gasteiger partial charge in [-0.25, -0.2) is 0 Å². The summed E-state index contributed by atoms with van der Waals surface area (Å²) in [6, 6.07) is 0. The fourth-order valence-electron chi connectivity index (χ4n) is 1.99. The molecule has 3 amide bonds. The lowest BCUT2D eigenvalue weighted by atomic mass is 9.89. The molecule has 0 aromatic carbocycles. The van der Waals surface area contributed by atoms with Crippen LogP contribution in [0.5, 0.6) is 0 Å². The first-order valence-corrected chi connectivity index (χ1v) is 6.52. The third-order valence-electron chi connectivity index (χ3n) is 3.07. The predicted molar refractivity (Wildman–Crippen MR) is 67.7 cm³/mol. The van der Waals surface area contributed by atoms with Gasteiger partial charge in [0.25, 0.3) is 0 Å². The molecular weight excluding hydrogens is 250 g/mol. The van der Waals surface area contributed by atoms with Gasteiger partial charge in [0, 0.05) is 19.6 Å². The van der Waals surface area contributed by atoms with Crippen molar-refractivity contribution in [2.75, 3.05) is 20.3 Å². The fraction of sp³-hybridized carbons (Fsp3) is 0.750. The van der Waals surface area contributed by atoms with E-state index in [1.165, 1.54) is 7.11 Å². The Balaban J connectivity index is 2.21. The van der Waals surface area contributed by atoms with Crippen LogP contribution in [0.15, 0.2) is 0 Å². The van der Waals surface area contributed by atoms with E-state index in [1.807, 2.05) is 0 Å². The van der Waals surface area contributed by atoms with Crippen molar-refractivity contribution in [1.29, 1.82) is 0 Å². The van der Waals surface area contributed by atoms with Gasteiger partial charge in [0.1, 0.15) is 0 Å². The molecule has 1 fully saturated rings. The van der Waals surface area contributed by atoms with Gasteiger partial charge in [0.15, 0.2) is 0 Å². The van der Waals surface area contributed by atoms with Gasteiger partial charge in [-0.1, -0.05) is 19.3 Å². The maximum Gasteiger partial charge on any atom is 0.327 e. The van der Waals surface area contributed by atoms with Crippen LogP contribution in [0.25, 0.3) is 0 Å².